The molecule has 0 aliphatic heterocycles. The zero-order chi connectivity index (χ0) is 16.9. The Labute approximate surface area is 153 Å². The number of hydrogen-bond donors (Lipinski definition) is 1. The molecular weight excluding hydrogens is 360 g/mol. The Hall–Kier alpha value is -1.77. The molecular formula is C16H16N4OS3. The summed E-state index contributed by atoms with van der Waals surface area (Å²) in [4.78, 5) is 12.6. The maximum absolute atomic E-state index is 12.6. The summed E-state index contributed by atoms with van der Waals surface area (Å²) in [5, 5.41) is 8.04. The molecule has 1 aromatic carbocycles. The second-order valence-electron chi connectivity index (χ2n) is 4.90. The van der Waals surface area contributed by atoms with E-state index in [0.29, 0.717) is 17.9 Å². The molecule has 0 aliphatic carbocycles. The zero-order valence-corrected chi connectivity index (χ0v) is 15.7. The molecule has 1 amide bonds. The number of hydrogen-bond acceptors (Lipinski definition) is 6. The fourth-order valence-electron chi connectivity index (χ4n) is 2.20. The maximum Gasteiger partial charge on any atom is 0.261 e. The van der Waals surface area contributed by atoms with Gasteiger partial charge in [-0.25, -0.2) is 0 Å². The van der Waals surface area contributed by atoms with Crippen molar-refractivity contribution in [3.05, 3.63) is 53.7 Å². The molecule has 3 aromatic rings. The van der Waals surface area contributed by atoms with Gasteiger partial charge < -0.3 is 5.32 Å². The van der Waals surface area contributed by atoms with E-state index in [2.05, 4.69) is 14.8 Å². The van der Waals surface area contributed by atoms with Gasteiger partial charge in [0.2, 0.25) is 0 Å². The van der Waals surface area contributed by atoms with Crippen LogP contribution in [-0.4, -0.2) is 32.6 Å². The largest absolute Gasteiger partial charge is 0.305 e. The Kier molecular flexibility index (Phi) is 5.60. The standard InChI is InChI=1S/C16H16N4OS3/c1-22-15-13(16(23-2)24-19-15)14(21)17-12-8-9-20(18-12)10-11-6-4-3-5-7-11/h3-9H,10H2,1-2H3,(H,17,18,21). The van der Waals surface area contributed by atoms with Crippen molar-refractivity contribution in [3.63, 3.8) is 0 Å². The molecule has 2 aromatic heterocycles. The summed E-state index contributed by atoms with van der Waals surface area (Å²) in [6.45, 7) is 0.669. The van der Waals surface area contributed by atoms with Gasteiger partial charge in [0.15, 0.2) is 5.82 Å². The van der Waals surface area contributed by atoms with E-state index in [1.54, 1.807) is 6.07 Å². The molecule has 0 aliphatic rings. The summed E-state index contributed by atoms with van der Waals surface area (Å²) in [6, 6.07) is 11.9. The maximum atomic E-state index is 12.6. The van der Waals surface area contributed by atoms with Gasteiger partial charge in [-0.3, -0.25) is 9.48 Å². The molecule has 2 heterocycles. The van der Waals surface area contributed by atoms with Crippen molar-refractivity contribution in [2.45, 2.75) is 15.8 Å². The van der Waals surface area contributed by atoms with E-state index in [4.69, 9.17) is 0 Å². The number of carbonyl (C=O) groups excluding carboxylic acids is 1. The van der Waals surface area contributed by atoms with E-state index in [0.717, 1.165) is 14.8 Å². The Bertz CT molecular complexity index is 807. The number of nitrogens with zero attached hydrogens (tertiary/aromatic N) is 3. The van der Waals surface area contributed by atoms with E-state index in [1.807, 2.05) is 53.7 Å². The monoisotopic (exact) mass is 376 g/mol. The minimum absolute atomic E-state index is 0.164. The van der Waals surface area contributed by atoms with Gasteiger partial charge in [0, 0.05) is 12.3 Å². The Morgan fingerprint density at radius 1 is 1.21 bits per heavy atom. The summed E-state index contributed by atoms with van der Waals surface area (Å²) < 4.78 is 7.05. The molecule has 0 spiro atoms. The molecule has 5 nitrogen and oxygen atoms in total. The summed E-state index contributed by atoms with van der Waals surface area (Å²) in [6.07, 6.45) is 5.73. The van der Waals surface area contributed by atoms with Gasteiger partial charge in [0.1, 0.15) is 5.03 Å². The lowest BCUT2D eigenvalue weighted by Crippen LogP contribution is -2.14. The van der Waals surface area contributed by atoms with Crippen LogP contribution in [0.2, 0.25) is 0 Å². The molecule has 0 radical (unpaired) electrons. The summed E-state index contributed by atoms with van der Waals surface area (Å²) in [5.74, 6) is 0.378. The first-order valence-electron chi connectivity index (χ1n) is 7.17. The number of nitrogens with one attached hydrogen (secondary N) is 1. The highest BCUT2D eigenvalue weighted by Gasteiger charge is 2.20. The molecule has 0 saturated heterocycles. The minimum Gasteiger partial charge on any atom is -0.305 e. The van der Waals surface area contributed by atoms with Gasteiger partial charge in [-0.05, 0) is 29.6 Å². The van der Waals surface area contributed by atoms with Gasteiger partial charge in [-0.15, -0.1) is 23.5 Å². The van der Waals surface area contributed by atoms with Crippen LogP contribution in [0.1, 0.15) is 15.9 Å². The number of anilines is 1. The Morgan fingerprint density at radius 3 is 2.71 bits per heavy atom. The second-order valence-corrected chi connectivity index (χ2v) is 7.54. The molecule has 0 atom stereocenters. The van der Waals surface area contributed by atoms with Crippen LogP contribution < -0.4 is 5.32 Å². The molecule has 124 valence electrons. The molecule has 0 bridgehead atoms. The van der Waals surface area contributed by atoms with Gasteiger partial charge in [-0.2, -0.15) is 9.47 Å². The molecule has 0 saturated carbocycles. The molecule has 8 heteroatoms. The topological polar surface area (TPSA) is 59.8 Å². The quantitative estimate of drug-likeness (QED) is 0.657. The number of thioether (sulfide) groups is 2. The Balaban J connectivity index is 1.73. The number of benzene rings is 1. The third-order valence-corrected chi connectivity index (χ3v) is 6.04. The van der Waals surface area contributed by atoms with Crippen LogP contribution in [0.25, 0.3) is 0 Å². The van der Waals surface area contributed by atoms with Crippen molar-refractivity contribution in [2.24, 2.45) is 0 Å². The van der Waals surface area contributed by atoms with Crippen molar-refractivity contribution in [1.29, 1.82) is 0 Å². The van der Waals surface area contributed by atoms with Gasteiger partial charge >= 0.3 is 0 Å². The smallest absolute Gasteiger partial charge is 0.261 e. The number of rotatable bonds is 6. The van der Waals surface area contributed by atoms with Gasteiger partial charge in [0.25, 0.3) is 5.91 Å². The van der Waals surface area contributed by atoms with Crippen LogP contribution in [-0.2, 0) is 6.54 Å². The SMILES string of the molecule is CSc1nsc(SC)c1C(=O)Nc1ccn(Cc2ccccc2)n1. The third kappa shape index (κ3) is 3.82. The lowest BCUT2D eigenvalue weighted by atomic mass is 10.2. The first-order chi connectivity index (χ1) is 11.7. The second kappa shape index (κ2) is 7.87. The fourth-order valence-corrected chi connectivity index (χ4v) is 4.47. The van der Waals surface area contributed by atoms with Crippen molar-refractivity contribution in [2.75, 3.05) is 17.8 Å². The highest BCUT2D eigenvalue weighted by atomic mass is 32.2. The Morgan fingerprint density at radius 2 is 2.00 bits per heavy atom. The lowest BCUT2D eigenvalue weighted by Gasteiger charge is -2.04. The highest BCUT2D eigenvalue weighted by Crippen LogP contribution is 2.33. The number of carbonyl (C=O) groups is 1. The van der Waals surface area contributed by atoms with Crippen LogP contribution in [0.5, 0.6) is 0 Å². The van der Waals surface area contributed by atoms with Crippen LogP contribution >= 0.6 is 35.1 Å². The van der Waals surface area contributed by atoms with E-state index in [-0.39, 0.29) is 5.91 Å². The summed E-state index contributed by atoms with van der Waals surface area (Å²) >= 11 is 4.36. The van der Waals surface area contributed by atoms with E-state index < -0.39 is 0 Å². The van der Waals surface area contributed by atoms with Crippen LogP contribution in [0.3, 0.4) is 0 Å². The van der Waals surface area contributed by atoms with E-state index in [1.165, 1.54) is 35.1 Å². The molecule has 3 rings (SSSR count). The van der Waals surface area contributed by atoms with Crippen molar-refractivity contribution >= 4 is 46.8 Å². The van der Waals surface area contributed by atoms with Crippen molar-refractivity contribution in [1.82, 2.24) is 14.2 Å². The minimum atomic E-state index is -0.164. The molecule has 0 unspecified atom stereocenters. The molecule has 0 fully saturated rings. The first-order valence-corrected chi connectivity index (χ1v) is 10.4. The van der Waals surface area contributed by atoms with Crippen molar-refractivity contribution < 1.29 is 4.79 Å². The van der Waals surface area contributed by atoms with Gasteiger partial charge in [0.05, 0.1) is 16.3 Å². The number of amides is 1. The average molecular weight is 377 g/mol. The predicted octanol–water partition coefficient (Wildman–Crippen LogP) is 4.08. The lowest BCUT2D eigenvalue weighted by molar-refractivity contribution is 0.102. The van der Waals surface area contributed by atoms with Gasteiger partial charge in [-0.1, -0.05) is 30.3 Å². The van der Waals surface area contributed by atoms with E-state index in [9.17, 15) is 4.79 Å². The van der Waals surface area contributed by atoms with Crippen LogP contribution in [0.4, 0.5) is 5.82 Å². The van der Waals surface area contributed by atoms with E-state index >= 15 is 0 Å². The number of aromatic nitrogens is 3. The molecule has 1 N–H and O–H groups in total. The predicted molar refractivity (Wildman–Crippen MR) is 101 cm³/mol. The molecule has 24 heavy (non-hydrogen) atoms. The first kappa shape index (κ1) is 17.1. The van der Waals surface area contributed by atoms with Crippen LogP contribution in [0, 0.1) is 0 Å². The highest BCUT2D eigenvalue weighted by molar-refractivity contribution is 8.01. The fraction of sp³-hybridized carbons (Fsp3) is 0.188. The summed E-state index contributed by atoms with van der Waals surface area (Å²) in [5.41, 5.74) is 1.80. The summed E-state index contributed by atoms with van der Waals surface area (Å²) in [7, 11) is 0. The normalized spacial score (nSPS) is 10.8. The van der Waals surface area contributed by atoms with Crippen LogP contribution in [0.15, 0.2) is 51.8 Å². The third-order valence-electron chi connectivity index (χ3n) is 3.30. The zero-order valence-electron chi connectivity index (χ0n) is 13.2. The average Bonchev–Trinajstić information content (AvgIpc) is 3.21. The van der Waals surface area contributed by atoms with Crippen molar-refractivity contribution in [3.8, 4) is 0 Å².